The quantitative estimate of drug-likeness (QED) is 0.678. The van der Waals surface area contributed by atoms with Crippen molar-refractivity contribution in [1.82, 2.24) is 20.8 Å². The molecule has 2 heterocycles. The molecule has 1 aromatic rings. The smallest absolute Gasteiger partial charge is 0.255 e. The number of carbonyl (C=O) groups excluding carboxylic acids is 1. The van der Waals surface area contributed by atoms with Gasteiger partial charge in [-0.25, -0.2) is 0 Å². The summed E-state index contributed by atoms with van der Waals surface area (Å²) >= 11 is 0. The first kappa shape index (κ1) is 12.1. The Bertz CT molecular complexity index is 377. The van der Waals surface area contributed by atoms with Gasteiger partial charge in [0.2, 0.25) is 0 Å². The van der Waals surface area contributed by atoms with E-state index >= 15 is 0 Å². The highest BCUT2D eigenvalue weighted by atomic mass is 16.5. The molecule has 2 rings (SSSR count). The van der Waals surface area contributed by atoms with Crippen molar-refractivity contribution in [2.45, 2.75) is 20.0 Å². The predicted molar refractivity (Wildman–Crippen MR) is 63.0 cm³/mol. The molecule has 94 valence electrons. The molecule has 0 aliphatic carbocycles. The molecule has 1 aromatic heterocycles. The topological polar surface area (TPSA) is 79.0 Å². The van der Waals surface area contributed by atoms with E-state index < -0.39 is 0 Å². The molecule has 1 fully saturated rings. The van der Waals surface area contributed by atoms with Gasteiger partial charge in [0.15, 0.2) is 0 Å². The number of H-pyrrole nitrogens is 1. The second-order valence-corrected chi connectivity index (χ2v) is 4.22. The van der Waals surface area contributed by atoms with E-state index in [0.717, 1.165) is 24.5 Å². The maximum absolute atomic E-state index is 11.9. The van der Waals surface area contributed by atoms with E-state index in [1.54, 1.807) is 0 Å². The number of carbonyl (C=O) groups is 1. The van der Waals surface area contributed by atoms with Crippen LogP contribution in [0.1, 0.15) is 21.7 Å². The van der Waals surface area contributed by atoms with Crippen molar-refractivity contribution in [2.75, 3.05) is 26.2 Å². The normalized spacial score (nSPS) is 20.2. The van der Waals surface area contributed by atoms with Gasteiger partial charge in [-0.3, -0.25) is 9.89 Å². The van der Waals surface area contributed by atoms with Crippen LogP contribution in [0.5, 0.6) is 0 Å². The number of rotatable bonds is 3. The van der Waals surface area contributed by atoms with Crippen LogP contribution >= 0.6 is 0 Å². The molecule has 1 aliphatic heterocycles. The van der Waals surface area contributed by atoms with Crippen LogP contribution in [0.15, 0.2) is 0 Å². The number of aromatic nitrogens is 2. The second kappa shape index (κ2) is 5.29. The molecular formula is C11H18N4O2. The van der Waals surface area contributed by atoms with Crippen LogP contribution in [0.2, 0.25) is 0 Å². The summed E-state index contributed by atoms with van der Waals surface area (Å²) in [6.45, 7) is 6.54. The van der Waals surface area contributed by atoms with Crippen molar-refractivity contribution in [2.24, 2.45) is 0 Å². The molecule has 0 spiro atoms. The van der Waals surface area contributed by atoms with Gasteiger partial charge in [0.25, 0.3) is 5.91 Å². The Hall–Kier alpha value is -1.40. The number of hydrogen-bond acceptors (Lipinski definition) is 4. The average molecular weight is 238 g/mol. The summed E-state index contributed by atoms with van der Waals surface area (Å²) in [5.41, 5.74) is 2.15. The van der Waals surface area contributed by atoms with Gasteiger partial charge < -0.3 is 15.4 Å². The molecule has 6 nitrogen and oxygen atoms in total. The number of ether oxygens (including phenoxy) is 1. The third-order valence-electron chi connectivity index (χ3n) is 2.85. The largest absolute Gasteiger partial charge is 0.374 e. The Morgan fingerprint density at radius 2 is 2.41 bits per heavy atom. The summed E-state index contributed by atoms with van der Waals surface area (Å²) in [7, 11) is 0. The fourth-order valence-electron chi connectivity index (χ4n) is 1.93. The van der Waals surface area contributed by atoms with Crippen molar-refractivity contribution in [3.8, 4) is 0 Å². The predicted octanol–water partition coefficient (Wildman–Crippen LogP) is -0.255. The lowest BCUT2D eigenvalue weighted by atomic mass is 10.2. The van der Waals surface area contributed by atoms with Gasteiger partial charge in [-0.15, -0.1) is 0 Å². The lowest BCUT2D eigenvalue weighted by Gasteiger charge is -2.23. The minimum absolute atomic E-state index is 0.0558. The fraction of sp³-hybridized carbons (Fsp3) is 0.636. The molecule has 6 heteroatoms. The number of morpholine rings is 1. The van der Waals surface area contributed by atoms with Crippen LogP contribution in [0.3, 0.4) is 0 Å². The number of amides is 1. The highest BCUT2D eigenvalue weighted by Crippen LogP contribution is 2.08. The first-order valence-electron chi connectivity index (χ1n) is 5.80. The van der Waals surface area contributed by atoms with E-state index in [9.17, 15) is 4.79 Å². The third-order valence-corrected chi connectivity index (χ3v) is 2.85. The van der Waals surface area contributed by atoms with Crippen molar-refractivity contribution >= 4 is 5.91 Å². The summed E-state index contributed by atoms with van der Waals surface area (Å²) in [5, 5.41) is 12.9. The van der Waals surface area contributed by atoms with Gasteiger partial charge in [-0.1, -0.05) is 0 Å². The van der Waals surface area contributed by atoms with Gasteiger partial charge in [0, 0.05) is 25.3 Å². The summed E-state index contributed by atoms with van der Waals surface area (Å²) in [6, 6.07) is 0. The Labute approximate surface area is 100 Å². The zero-order chi connectivity index (χ0) is 12.3. The molecule has 1 amide bonds. The summed E-state index contributed by atoms with van der Waals surface area (Å²) in [5.74, 6) is -0.0945. The van der Waals surface area contributed by atoms with E-state index in [2.05, 4.69) is 20.8 Å². The van der Waals surface area contributed by atoms with Crippen molar-refractivity contribution in [3.63, 3.8) is 0 Å². The molecule has 0 saturated carbocycles. The summed E-state index contributed by atoms with van der Waals surface area (Å²) < 4.78 is 5.51. The Kier molecular flexibility index (Phi) is 3.75. The van der Waals surface area contributed by atoms with Crippen LogP contribution in [0.25, 0.3) is 0 Å². The highest BCUT2D eigenvalue weighted by Gasteiger charge is 2.18. The fourth-order valence-corrected chi connectivity index (χ4v) is 1.93. The van der Waals surface area contributed by atoms with E-state index in [1.807, 2.05) is 13.8 Å². The Morgan fingerprint density at radius 3 is 3.00 bits per heavy atom. The third kappa shape index (κ3) is 2.83. The van der Waals surface area contributed by atoms with Crippen molar-refractivity contribution in [1.29, 1.82) is 0 Å². The van der Waals surface area contributed by atoms with Gasteiger partial charge in [-0.05, 0) is 13.8 Å². The van der Waals surface area contributed by atoms with Crippen molar-refractivity contribution in [3.05, 3.63) is 17.0 Å². The minimum atomic E-state index is -0.0945. The zero-order valence-corrected chi connectivity index (χ0v) is 10.2. The second-order valence-electron chi connectivity index (χ2n) is 4.22. The first-order chi connectivity index (χ1) is 8.18. The number of hydrogen-bond donors (Lipinski definition) is 3. The van der Waals surface area contributed by atoms with Gasteiger partial charge in [0.05, 0.1) is 24.0 Å². The van der Waals surface area contributed by atoms with Crippen LogP contribution in [-0.2, 0) is 4.74 Å². The number of aryl methyl sites for hydroxylation is 2. The molecular weight excluding hydrogens is 220 g/mol. The lowest BCUT2D eigenvalue weighted by molar-refractivity contribution is 0.0287. The van der Waals surface area contributed by atoms with Crippen LogP contribution < -0.4 is 10.6 Å². The van der Waals surface area contributed by atoms with Gasteiger partial charge >= 0.3 is 0 Å². The van der Waals surface area contributed by atoms with Crippen LogP contribution in [0, 0.1) is 13.8 Å². The van der Waals surface area contributed by atoms with Crippen LogP contribution in [0.4, 0.5) is 0 Å². The van der Waals surface area contributed by atoms with E-state index in [1.165, 1.54) is 0 Å². The molecule has 1 saturated heterocycles. The van der Waals surface area contributed by atoms with Gasteiger partial charge in [-0.2, -0.15) is 5.10 Å². The lowest BCUT2D eigenvalue weighted by Crippen LogP contribution is -2.45. The molecule has 1 unspecified atom stereocenters. The van der Waals surface area contributed by atoms with Crippen molar-refractivity contribution < 1.29 is 9.53 Å². The molecule has 1 atom stereocenters. The Morgan fingerprint density at radius 1 is 1.59 bits per heavy atom. The van der Waals surface area contributed by atoms with Crippen LogP contribution in [-0.4, -0.2) is 48.4 Å². The minimum Gasteiger partial charge on any atom is -0.374 e. The highest BCUT2D eigenvalue weighted by molar-refractivity contribution is 5.96. The number of aromatic amines is 1. The van der Waals surface area contributed by atoms with E-state index in [0.29, 0.717) is 18.7 Å². The summed E-state index contributed by atoms with van der Waals surface area (Å²) in [4.78, 5) is 11.9. The van der Waals surface area contributed by atoms with Gasteiger partial charge in [0.1, 0.15) is 0 Å². The van der Waals surface area contributed by atoms with E-state index in [4.69, 9.17) is 4.74 Å². The first-order valence-corrected chi connectivity index (χ1v) is 5.80. The molecule has 3 N–H and O–H groups in total. The Balaban J connectivity index is 1.89. The maximum atomic E-state index is 11.9. The molecule has 0 bridgehead atoms. The van der Waals surface area contributed by atoms with E-state index in [-0.39, 0.29) is 12.0 Å². The standard InChI is InChI=1S/C11H18N4O2/c1-7-10(8(2)15-14-7)11(16)13-6-9-5-12-3-4-17-9/h9,12H,3-6H2,1-2H3,(H,13,16)(H,14,15). The molecule has 17 heavy (non-hydrogen) atoms. The average Bonchev–Trinajstić information content (AvgIpc) is 2.67. The molecule has 1 aliphatic rings. The number of nitrogens with one attached hydrogen (secondary N) is 3. The zero-order valence-electron chi connectivity index (χ0n) is 10.2. The maximum Gasteiger partial charge on any atom is 0.255 e. The monoisotopic (exact) mass is 238 g/mol. The number of nitrogens with zero attached hydrogens (tertiary/aromatic N) is 1. The summed E-state index contributed by atoms with van der Waals surface area (Å²) in [6.07, 6.45) is 0.0558. The SMILES string of the molecule is Cc1n[nH]c(C)c1C(=O)NCC1CNCCO1. The molecule has 0 aromatic carbocycles. The molecule has 0 radical (unpaired) electrons.